The SMILES string of the molecule is COCc1cccc(NC(=O)CN2C(=O)C(c3ccc(C#N)cc3)=NC23CCCCC3)c1. The zero-order chi connectivity index (χ0) is 22.6. The number of anilines is 1. The molecule has 0 radical (unpaired) electrons. The van der Waals surface area contributed by atoms with E-state index in [2.05, 4.69) is 11.4 Å². The lowest BCUT2D eigenvalue weighted by Crippen LogP contribution is -2.51. The van der Waals surface area contributed by atoms with E-state index in [1.807, 2.05) is 24.3 Å². The van der Waals surface area contributed by atoms with Crippen molar-refractivity contribution in [3.05, 3.63) is 65.2 Å². The van der Waals surface area contributed by atoms with E-state index in [4.69, 9.17) is 15.0 Å². The van der Waals surface area contributed by atoms with Gasteiger partial charge in [0.05, 0.1) is 18.2 Å². The summed E-state index contributed by atoms with van der Waals surface area (Å²) < 4.78 is 5.15. The Bertz CT molecular complexity index is 1080. The Balaban J connectivity index is 1.55. The van der Waals surface area contributed by atoms with Crippen LogP contribution >= 0.6 is 0 Å². The van der Waals surface area contributed by atoms with Gasteiger partial charge in [-0.1, -0.05) is 30.7 Å². The minimum atomic E-state index is -0.673. The molecule has 2 aliphatic rings. The molecule has 1 aliphatic heterocycles. The fourth-order valence-electron chi connectivity index (χ4n) is 4.49. The van der Waals surface area contributed by atoms with Crippen LogP contribution in [0.2, 0.25) is 0 Å². The second-order valence-corrected chi connectivity index (χ2v) is 8.27. The minimum Gasteiger partial charge on any atom is -0.380 e. The number of benzene rings is 2. The normalized spacial score (nSPS) is 17.2. The molecule has 0 aromatic heterocycles. The second kappa shape index (κ2) is 9.33. The van der Waals surface area contributed by atoms with Crippen molar-refractivity contribution in [2.45, 2.75) is 44.4 Å². The van der Waals surface area contributed by atoms with Crippen LogP contribution in [0.1, 0.15) is 48.8 Å². The van der Waals surface area contributed by atoms with E-state index < -0.39 is 5.66 Å². The first-order valence-electron chi connectivity index (χ1n) is 10.8. The Morgan fingerprint density at radius 3 is 2.62 bits per heavy atom. The quantitative estimate of drug-likeness (QED) is 0.757. The molecule has 164 valence electrons. The first-order chi connectivity index (χ1) is 15.5. The van der Waals surface area contributed by atoms with Crippen molar-refractivity contribution in [3.8, 4) is 6.07 Å². The van der Waals surface area contributed by atoms with E-state index in [9.17, 15) is 9.59 Å². The molecule has 1 fully saturated rings. The average molecular weight is 431 g/mol. The van der Waals surface area contributed by atoms with E-state index in [0.29, 0.717) is 29.1 Å². The maximum atomic E-state index is 13.4. The topological polar surface area (TPSA) is 94.8 Å². The first kappa shape index (κ1) is 21.7. The number of amides is 2. The van der Waals surface area contributed by atoms with Gasteiger partial charge in [-0.25, -0.2) is 0 Å². The molecule has 4 rings (SSSR count). The Labute approximate surface area is 187 Å². The third-order valence-corrected chi connectivity index (χ3v) is 6.04. The fourth-order valence-corrected chi connectivity index (χ4v) is 4.49. The molecule has 1 saturated carbocycles. The summed E-state index contributed by atoms with van der Waals surface area (Å²) in [7, 11) is 1.62. The summed E-state index contributed by atoms with van der Waals surface area (Å²) in [5, 5.41) is 12.0. The molecule has 32 heavy (non-hydrogen) atoms. The summed E-state index contributed by atoms with van der Waals surface area (Å²) in [6.07, 6.45) is 4.53. The van der Waals surface area contributed by atoms with Gasteiger partial charge in [-0.15, -0.1) is 0 Å². The van der Waals surface area contributed by atoms with Crippen LogP contribution in [0.5, 0.6) is 0 Å². The molecule has 7 heteroatoms. The molecule has 0 bridgehead atoms. The smallest absolute Gasteiger partial charge is 0.275 e. The molecule has 7 nitrogen and oxygen atoms in total. The summed E-state index contributed by atoms with van der Waals surface area (Å²) in [5.41, 5.74) is 2.52. The number of aliphatic imine (C=N–C) groups is 1. The molecular formula is C25H26N4O3. The van der Waals surface area contributed by atoms with Crippen LogP contribution in [0.25, 0.3) is 0 Å². The number of hydrogen-bond donors (Lipinski definition) is 1. The van der Waals surface area contributed by atoms with Gasteiger partial charge in [0.25, 0.3) is 5.91 Å². The number of hydrogen-bond acceptors (Lipinski definition) is 5. The minimum absolute atomic E-state index is 0.0589. The summed E-state index contributed by atoms with van der Waals surface area (Å²) in [4.78, 5) is 32.8. The van der Waals surface area contributed by atoms with Crippen molar-refractivity contribution in [1.82, 2.24) is 4.90 Å². The van der Waals surface area contributed by atoms with Crippen LogP contribution in [0.4, 0.5) is 5.69 Å². The Kier molecular flexibility index (Phi) is 6.33. The number of carbonyl (C=O) groups is 2. The number of rotatable bonds is 6. The highest BCUT2D eigenvalue weighted by molar-refractivity contribution is 6.47. The van der Waals surface area contributed by atoms with Crippen molar-refractivity contribution < 1.29 is 14.3 Å². The highest BCUT2D eigenvalue weighted by Gasteiger charge is 2.48. The lowest BCUT2D eigenvalue weighted by molar-refractivity contribution is -0.134. The lowest BCUT2D eigenvalue weighted by Gasteiger charge is -2.38. The van der Waals surface area contributed by atoms with E-state index in [1.165, 1.54) is 0 Å². The van der Waals surface area contributed by atoms with Crippen LogP contribution in [0.15, 0.2) is 53.5 Å². The van der Waals surface area contributed by atoms with E-state index in [0.717, 1.165) is 37.7 Å². The largest absolute Gasteiger partial charge is 0.380 e. The van der Waals surface area contributed by atoms with Crippen molar-refractivity contribution in [2.75, 3.05) is 19.0 Å². The lowest BCUT2D eigenvalue weighted by atomic mass is 9.88. The molecule has 1 aliphatic carbocycles. The first-order valence-corrected chi connectivity index (χ1v) is 10.8. The van der Waals surface area contributed by atoms with E-state index in [1.54, 1.807) is 36.3 Å². The average Bonchev–Trinajstić information content (AvgIpc) is 3.06. The van der Waals surface area contributed by atoms with Gasteiger partial charge in [-0.05, 0) is 55.5 Å². The number of carbonyl (C=O) groups excluding carboxylic acids is 2. The number of nitriles is 1. The van der Waals surface area contributed by atoms with Crippen LogP contribution < -0.4 is 5.32 Å². The molecule has 2 aromatic carbocycles. The summed E-state index contributed by atoms with van der Waals surface area (Å²) in [6.45, 7) is 0.399. The molecule has 0 unspecified atom stereocenters. The van der Waals surface area contributed by atoms with Crippen LogP contribution in [0.3, 0.4) is 0 Å². The predicted molar refractivity (Wildman–Crippen MR) is 121 cm³/mol. The third kappa shape index (κ3) is 4.41. The predicted octanol–water partition coefficient (Wildman–Crippen LogP) is 3.64. The number of ether oxygens (including phenoxy) is 1. The molecule has 2 amide bonds. The highest BCUT2D eigenvalue weighted by atomic mass is 16.5. The van der Waals surface area contributed by atoms with Crippen molar-refractivity contribution >= 4 is 23.2 Å². The van der Waals surface area contributed by atoms with Crippen molar-refractivity contribution in [3.63, 3.8) is 0 Å². The van der Waals surface area contributed by atoms with Gasteiger partial charge >= 0.3 is 0 Å². The summed E-state index contributed by atoms with van der Waals surface area (Å²) in [5.74, 6) is -0.492. The van der Waals surface area contributed by atoms with Crippen LogP contribution in [-0.2, 0) is 20.9 Å². The Hall–Kier alpha value is -3.50. The van der Waals surface area contributed by atoms with Gasteiger partial charge in [0, 0.05) is 18.4 Å². The third-order valence-electron chi connectivity index (χ3n) is 6.04. The molecule has 1 spiro atoms. The van der Waals surface area contributed by atoms with E-state index >= 15 is 0 Å². The van der Waals surface area contributed by atoms with Crippen molar-refractivity contribution in [2.24, 2.45) is 4.99 Å². The van der Waals surface area contributed by atoms with Gasteiger partial charge in [-0.3, -0.25) is 14.6 Å². The van der Waals surface area contributed by atoms with Gasteiger partial charge in [-0.2, -0.15) is 5.26 Å². The summed E-state index contributed by atoms with van der Waals surface area (Å²) in [6, 6.07) is 16.4. The molecule has 1 N–H and O–H groups in total. The van der Waals surface area contributed by atoms with E-state index in [-0.39, 0.29) is 18.4 Å². The molecule has 1 heterocycles. The maximum Gasteiger partial charge on any atom is 0.275 e. The molecular weight excluding hydrogens is 404 g/mol. The standard InChI is InChI=1S/C25H26N4O3/c1-32-17-19-6-5-7-21(14-19)27-22(30)16-29-24(31)23(20-10-8-18(15-26)9-11-20)28-25(29)12-3-2-4-13-25/h5-11,14H,2-4,12-13,16-17H2,1H3,(H,27,30). The molecule has 0 atom stereocenters. The maximum absolute atomic E-state index is 13.4. The highest BCUT2D eigenvalue weighted by Crippen LogP contribution is 2.39. The monoisotopic (exact) mass is 430 g/mol. The van der Waals surface area contributed by atoms with Gasteiger partial charge < -0.3 is 15.0 Å². The van der Waals surface area contributed by atoms with Crippen LogP contribution in [0, 0.1) is 11.3 Å². The Morgan fingerprint density at radius 2 is 1.94 bits per heavy atom. The van der Waals surface area contributed by atoms with Gasteiger partial charge in [0.2, 0.25) is 5.91 Å². The van der Waals surface area contributed by atoms with Gasteiger partial charge in [0.15, 0.2) is 0 Å². The molecule has 2 aromatic rings. The van der Waals surface area contributed by atoms with Crippen LogP contribution in [-0.4, -0.2) is 41.7 Å². The zero-order valence-electron chi connectivity index (χ0n) is 18.1. The zero-order valence-corrected chi connectivity index (χ0v) is 18.1. The summed E-state index contributed by atoms with van der Waals surface area (Å²) >= 11 is 0. The number of methoxy groups -OCH3 is 1. The Morgan fingerprint density at radius 1 is 1.19 bits per heavy atom. The molecule has 0 saturated heterocycles. The van der Waals surface area contributed by atoms with Gasteiger partial charge in [0.1, 0.15) is 17.9 Å². The number of nitrogens with one attached hydrogen (secondary N) is 1. The van der Waals surface area contributed by atoms with Crippen molar-refractivity contribution in [1.29, 1.82) is 5.26 Å². The number of nitrogens with zero attached hydrogens (tertiary/aromatic N) is 3. The second-order valence-electron chi connectivity index (χ2n) is 8.27. The fraction of sp³-hybridized carbons (Fsp3) is 0.360.